The van der Waals surface area contributed by atoms with Crippen molar-refractivity contribution in [2.75, 3.05) is 6.54 Å². The maximum Gasteiger partial charge on any atom is 0.411 e. The topological polar surface area (TPSA) is 138 Å². The molecule has 3 aromatic rings. The van der Waals surface area contributed by atoms with Crippen LogP contribution in [0.3, 0.4) is 0 Å². The average molecular weight is 861 g/mol. The summed E-state index contributed by atoms with van der Waals surface area (Å²) in [7, 11) is 0. The quantitative estimate of drug-likeness (QED) is 0.252. The largest absolute Gasteiger partial charge is 0.476 e. The second-order valence-electron chi connectivity index (χ2n) is 20.4. The average Bonchev–Trinajstić information content (AvgIpc) is 3.85. The van der Waals surface area contributed by atoms with E-state index in [1.54, 1.807) is 18.3 Å². The number of hydrogen-bond donors (Lipinski definition) is 1. The molecule has 1 spiro atoms. The number of aliphatic carboxylic acids is 1. The number of likely N-dealkylation sites (tertiary alicyclic amines) is 2. The van der Waals surface area contributed by atoms with Crippen molar-refractivity contribution in [3.63, 3.8) is 0 Å². The lowest BCUT2D eigenvalue weighted by atomic mass is 9.91. The van der Waals surface area contributed by atoms with Crippen LogP contribution in [0.25, 0.3) is 27.8 Å². The molecule has 1 unspecified atom stereocenters. The highest BCUT2D eigenvalue weighted by Gasteiger charge is 2.56. The van der Waals surface area contributed by atoms with E-state index in [2.05, 4.69) is 6.07 Å². The van der Waals surface area contributed by atoms with Gasteiger partial charge >= 0.3 is 18.2 Å². The van der Waals surface area contributed by atoms with Crippen LogP contribution in [0, 0.1) is 11.3 Å². The van der Waals surface area contributed by atoms with Crippen molar-refractivity contribution in [2.24, 2.45) is 21.3 Å². The van der Waals surface area contributed by atoms with Gasteiger partial charge in [0.05, 0.1) is 17.8 Å². The summed E-state index contributed by atoms with van der Waals surface area (Å²) in [5, 5.41) is 7.64. The summed E-state index contributed by atoms with van der Waals surface area (Å²) in [4.78, 5) is 59.1. The highest BCUT2D eigenvalue weighted by Crippen LogP contribution is 2.56. The van der Waals surface area contributed by atoms with E-state index in [0.29, 0.717) is 36.4 Å². The molecule has 1 N–H and O–H groups in total. The Morgan fingerprint density at radius 1 is 0.794 bits per heavy atom. The fourth-order valence-electron chi connectivity index (χ4n) is 10.4. The minimum Gasteiger partial charge on any atom is -0.476 e. The van der Waals surface area contributed by atoms with Gasteiger partial charge < -0.3 is 14.6 Å². The molecule has 4 atom stereocenters. The highest BCUT2D eigenvalue weighted by molar-refractivity contribution is 6.31. The molecule has 4 heterocycles. The Labute approximate surface area is 366 Å². The van der Waals surface area contributed by atoms with E-state index in [0.717, 1.165) is 90.4 Å². The maximum absolute atomic E-state index is 16.5. The summed E-state index contributed by atoms with van der Waals surface area (Å²) in [6, 6.07) is 16.7. The smallest absolute Gasteiger partial charge is 0.411 e. The molecule has 330 valence electrons. The van der Waals surface area contributed by atoms with E-state index in [4.69, 9.17) is 24.6 Å². The Morgan fingerprint density at radius 3 is 2.03 bits per heavy atom. The molecular weight excluding hydrogens is 807 g/mol. The highest BCUT2D eigenvalue weighted by atomic mass is 19.3. The molecule has 3 aromatic carbocycles. The molecule has 3 aliphatic carbocycles. The van der Waals surface area contributed by atoms with Crippen LogP contribution in [-0.4, -0.2) is 86.1 Å². The van der Waals surface area contributed by atoms with Crippen LogP contribution in [-0.2, 0) is 31.4 Å². The van der Waals surface area contributed by atoms with Crippen molar-refractivity contribution < 1.29 is 42.5 Å². The number of fused-ring (bicyclic) bond motifs is 6. The lowest BCUT2D eigenvalue weighted by Crippen LogP contribution is -2.50. The first-order valence-electron chi connectivity index (χ1n) is 22.0. The van der Waals surface area contributed by atoms with Crippen molar-refractivity contribution in [1.29, 1.82) is 0 Å². The zero-order valence-corrected chi connectivity index (χ0v) is 36.9. The molecule has 2 saturated carbocycles. The molecule has 2 amide bonds. The van der Waals surface area contributed by atoms with Gasteiger partial charge in [-0.05, 0) is 155 Å². The lowest BCUT2D eigenvalue weighted by molar-refractivity contribution is -0.148. The molecule has 0 radical (unpaired) electrons. The number of halogens is 2. The van der Waals surface area contributed by atoms with Crippen molar-refractivity contribution in [3.05, 3.63) is 83.1 Å². The van der Waals surface area contributed by atoms with Crippen molar-refractivity contribution >= 4 is 46.6 Å². The second-order valence-corrected chi connectivity index (χ2v) is 20.4. The summed E-state index contributed by atoms with van der Waals surface area (Å²) in [6.07, 6.45) is 8.41. The number of rotatable bonds is 5. The number of Topliss-reactive ketones (excluding diaryl/α,β-unsaturated/α-hetero) is 1. The molecule has 63 heavy (non-hydrogen) atoms. The van der Waals surface area contributed by atoms with Crippen molar-refractivity contribution in [3.8, 4) is 22.3 Å². The summed E-state index contributed by atoms with van der Waals surface area (Å²) in [5.74, 6) is -5.02. The molecule has 2 saturated heterocycles. The van der Waals surface area contributed by atoms with E-state index < -0.39 is 28.9 Å². The van der Waals surface area contributed by atoms with E-state index >= 15 is 8.78 Å². The molecular formula is C50H54F2N4O7. The minimum absolute atomic E-state index is 0.00193. The number of carbonyl (C=O) groups is 4. The number of nitrogens with zero attached hydrogens (tertiary/aromatic N) is 4. The normalized spacial score (nSPS) is 24.2. The third-order valence-corrected chi connectivity index (χ3v) is 13.5. The number of benzene rings is 3. The van der Waals surface area contributed by atoms with Crippen molar-refractivity contribution in [2.45, 2.75) is 135 Å². The van der Waals surface area contributed by atoms with Gasteiger partial charge in [-0.1, -0.05) is 30.3 Å². The molecule has 13 heteroatoms. The van der Waals surface area contributed by atoms with Crippen LogP contribution < -0.4 is 0 Å². The van der Waals surface area contributed by atoms with Crippen LogP contribution in [0.2, 0.25) is 0 Å². The lowest BCUT2D eigenvalue weighted by Gasteiger charge is -2.36. The number of carbonyl (C=O) groups excluding carboxylic acids is 3. The number of allylic oxidation sites excluding steroid dienone is 1. The van der Waals surface area contributed by atoms with Gasteiger partial charge in [-0.25, -0.2) is 14.4 Å². The summed E-state index contributed by atoms with van der Waals surface area (Å²) < 4.78 is 44.7. The number of aliphatic imine (C=N–C) groups is 2. The number of piperidine rings is 1. The predicted octanol–water partition coefficient (Wildman–Crippen LogP) is 10.5. The molecule has 4 aliphatic heterocycles. The fraction of sp³-hybridized carbons (Fsp3) is 0.480. The number of amides is 2. The minimum atomic E-state index is -3.18. The number of ketones is 1. The van der Waals surface area contributed by atoms with Crippen LogP contribution >= 0.6 is 0 Å². The van der Waals surface area contributed by atoms with E-state index in [-0.39, 0.29) is 46.9 Å². The Morgan fingerprint density at radius 2 is 1.40 bits per heavy atom. The molecule has 10 rings (SSSR count). The van der Waals surface area contributed by atoms with Crippen molar-refractivity contribution in [1.82, 2.24) is 9.80 Å². The number of ether oxygens (including phenoxy) is 2. The molecule has 4 fully saturated rings. The van der Waals surface area contributed by atoms with Crippen LogP contribution in [0.1, 0.15) is 116 Å². The Kier molecular flexibility index (Phi) is 10.1. The zero-order chi connectivity index (χ0) is 45.0. The first kappa shape index (κ1) is 42.6. The Hall–Kier alpha value is -5.72. The number of hydrogen-bond acceptors (Lipinski definition) is 8. The van der Waals surface area contributed by atoms with E-state index in [1.165, 1.54) is 0 Å². The van der Waals surface area contributed by atoms with Gasteiger partial charge in [0.25, 0.3) is 5.92 Å². The number of carboxylic acids is 1. The zero-order valence-electron chi connectivity index (χ0n) is 36.9. The third kappa shape index (κ3) is 7.97. The summed E-state index contributed by atoms with van der Waals surface area (Å²) >= 11 is 0. The van der Waals surface area contributed by atoms with Gasteiger partial charge in [-0.15, -0.1) is 0 Å². The van der Waals surface area contributed by atoms with Gasteiger partial charge in [0.15, 0.2) is 0 Å². The van der Waals surface area contributed by atoms with E-state index in [9.17, 15) is 19.2 Å². The van der Waals surface area contributed by atoms with Crippen LogP contribution in [0.5, 0.6) is 0 Å². The predicted molar refractivity (Wildman–Crippen MR) is 235 cm³/mol. The molecule has 0 aromatic heterocycles. The van der Waals surface area contributed by atoms with Crippen LogP contribution in [0.4, 0.5) is 24.1 Å². The van der Waals surface area contributed by atoms with Gasteiger partial charge in [0.1, 0.15) is 11.2 Å². The maximum atomic E-state index is 16.5. The molecule has 7 aliphatic rings. The monoisotopic (exact) mass is 860 g/mol. The first-order valence-corrected chi connectivity index (χ1v) is 22.0. The fourth-order valence-corrected chi connectivity index (χ4v) is 10.4. The summed E-state index contributed by atoms with van der Waals surface area (Å²) in [6.45, 7) is 13.0. The second kappa shape index (κ2) is 14.9. The molecule has 11 nitrogen and oxygen atoms in total. The molecule has 2 bridgehead atoms. The number of carboxylic acid groups (broad SMARTS) is 1. The number of alkyl halides is 2. The Balaban J connectivity index is 0.000000787. The SMILES string of the molecule is CC(=O)C(=O)O.CC(C)(C)OC(=O)N1CC2(CC2)CC1C1=NC=C(c2ccc3c(c2)C(F)(F)c2cc(-c4ccc5c(c4)CC([C@@H]4[C@H]6CC[C@H](C6)N4C(=O)OC(C)(C)C)=N5)ccc2-3)C1. The third-order valence-electron chi connectivity index (χ3n) is 13.5. The van der Waals surface area contributed by atoms with Gasteiger partial charge in [0, 0.05) is 61.1 Å². The van der Waals surface area contributed by atoms with Gasteiger partial charge in [-0.2, -0.15) is 8.78 Å². The standard InChI is InChI=1S/C47H50F2N4O4.C3H4O3/c1-44(2,3)56-42(54)52-25-46(15-16-46)23-40(52)38-22-31(24-50-38)28-9-13-34-33-12-8-27(19-35(33)47(48,49)36(34)20-28)26-10-14-37-30(17-26)21-39(51-37)41-29-7-11-32(18-29)53(41)43(55)57-45(4,5)6;1-2(4)3(5)6/h8-10,12-14,17,19-20,24,29,32,40-41H,7,11,15-16,18,21-23,25H2,1-6H3;1H3,(H,5,6)/t29-,32+,40?,41-;/m0./s1. The van der Waals surface area contributed by atoms with E-state index in [1.807, 2.05) is 87.7 Å². The van der Waals surface area contributed by atoms with Gasteiger partial charge in [0.2, 0.25) is 5.78 Å². The van der Waals surface area contributed by atoms with Crippen LogP contribution in [0.15, 0.2) is 70.8 Å². The Bertz CT molecular complexity index is 2550. The first-order chi connectivity index (χ1) is 29.6. The van der Waals surface area contributed by atoms with Gasteiger partial charge in [-0.3, -0.25) is 24.6 Å². The summed E-state index contributed by atoms with van der Waals surface area (Å²) in [5.41, 5.74) is 7.03.